The number of aromatic nitrogens is 3. The van der Waals surface area contributed by atoms with Crippen molar-refractivity contribution >= 4 is 26.5 Å². The number of aryl methyl sites for hydroxylation is 1. The average molecular weight is 294 g/mol. The van der Waals surface area contributed by atoms with Crippen LogP contribution in [0.15, 0.2) is 42.5 Å². The molecule has 2 aromatic carbocycles. The molecule has 21 heavy (non-hydrogen) atoms. The van der Waals surface area contributed by atoms with Crippen LogP contribution in [-0.2, 0) is 6.54 Å². The highest BCUT2D eigenvalue weighted by molar-refractivity contribution is 7.23. The Morgan fingerprint density at radius 2 is 1.90 bits per heavy atom. The van der Waals surface area contributed by atoms with Gasteiger partial charge >= 0.3 is 0 Å². The Bertz CT molecular complexity index is 934. The quantitative estimate of drug-likeness (QED) is 0.616. The predicted octanol–water partition coefficient (Wildman–Crippen LogP) is 3.38. The van der Waals surface area contributed by atoms with E-state index in [-0.39, 0.29) is 0 Å². The maximum Gasteiger partial charge on any atom is 0.217 e. The van der Waals surface area contributed by atoms with E-state index in [1.807, 2.05) is 12.1 Å². The normalized spacial score (nSPS) is 11.5. The fourth-order valence-electron chi connectivity index (χ4n) is 2.52. The van der Waals surface area contributed by atoms with Crippen molar-refractivity contribution in [1.29, 1.82) is 0 Å². The molecule has 0 unspecified atom stereocenters. The van der Waals surface area contributed by atoms with E-state index in [1.54, 1.807) is 11.3 Å². The number of thiazole rings is 1. The first kappa shape index (κ1) is 12.5. The molecule has 2 aromatic heterocycles. The highest BCUT2D eigenvalue weighted by Gasteiger charge is 2.13. The first-order valence-corrected chi connectivity index (χ1v) is 7.61. The molecule has 0 atom stereocenters. The van der Waals surface area contributed by atoms with Crippen LogP contribution in [0.4, 0.5) is 0 Å². The summed E-state index contributed by atoms with van der Waals surface area (Å²) in [6.45, 7) is 2.66. The summed E-state index contributed by atoms with van der Waals surface area (Å²) in [5.74, 6) is 0.878. The summed E-state index contributed by atoms with van der Waals surface area (Å²) >= 11 is 1.67. The minimum absolute atomic E-state index is 0.552. The number of hydrogen-bond donors (Lipinski definition) is 1. The van der Waals surface area contributed by atoms with Crippen molar-refractivity contribution in [1.82, 2.24) is 14.6 Å². The van der Waals surface area contributed by atoms with Crippen LogP contribution in [0.1, 0.15) is 11.1 Å². The Kier molecular flexibility index (Phi) is 2.77. The molecular formula is C16H14N4S. The van der Waals surface area contributed by atoms with Crippen molar-refractivity contribution in [2.45, 2.75) is 13.5 Å². The van der Waals surface area contributed by atoms with E-state index in [1.165, 1.54) is 10.3 Å². The van der Waals surface area contributed by atoms with Gasteiger partial charge in [0.1, 0.15) is 0 Å². The zero-order valence-electron chi connectivity index (χ0n) is 11.6. The summed E-state index contributed by atoms with van der Waals surface area (Å²) in [4.78, 5) is 0.925. The van der Waals surface area contributed by atoms with E-state index in [0.717, 1.165) is 27.4 Å². The molecule has 0 radical (unpaired) electrons. The molecule has 0 spiro atoms. The van der Waals surface area contributed by atoms with Gasteiger partial charge in [-0.1, -0.05) is 41.7 Å². The SMILES string of the molecule is Cc1ccc2c(c1)sc1nnc(-c3ccc(CN)cc3)n12. The van der Waals surface area contributed by atoms with Crippen molar-refractivity contribution < 1.29 is 0 Å². The van der Waals surface area contributed by atoms with Gasteiger partial charge in [-0.05, 0) is 30.2 Å². The van der Waals surface area contributed by atoms with Crippen LogP contribution in [0.25, 0.3) is 26.6 Å². The lowest BCUT2D eigenvalue weighted by molar-refractivity contribution is 1.07. The molecule has 0 aliphatic carbocycles. The van der Waals surface area contributed by atoms with E-state index in [0.29, 0.717) is 6.54 Å². The third kappa shape index (κ3) is 1.93. The average Bonchev–Trinajstić information content (AvgIpc) is 3.05. The van der Waals surface area contributed by atoms with Crippen LogP contribution < -0.4 is 5.73 Å². The Morgan fingerprint density at radius 3 is 2.67 bits per heavy atom. The summed E-state index contributed by atoms with van der Waals surface area (Å²) in [7, 11) is 0. The van der Waals surface area contributed by atoms with Crippen LogP contribution in [-0.4, -0.2) is 14.6 Å². The molecule has 4 rings (SSSR count). The van der Waals surface area contributed by atoms with Crippen molar-refractivity contribution in [2.24, 2.45) is 5.73 Å². The zero-order chi connectivity index (χ0) is 14.4. The van der Waals surface area contributed by atoms with Crippen molar-refractivity contribution in [3.8, 4) is 11.4 Å². The zero-order valence-corrected chi connectivity index (χ0v) is 12.4. The van der Waals surface area contributed by atoms with Gasteiger partial charge in [0.15, 0.2) is 5.82 Å². The molecule has 0 fully saturated rings. The van der Waals surface area contributed by atoms with E-state index in [2.05, 4.69) is 51.9 Å². The maximum absolute atomic E-state index is 5.65. The number of nitrogens with two attached hydrogens (primary N) is 1. The second kappa shape index (κ2) is 4.65. The predicted molar refractivity (Wildman–Crippen MR) is 86.4 cm³/mol. The van der Waals surface area contributed by atoms with Crippen molar-refractivity contribution in [2.75, 3.05) is 0 Å². The van der Waals surface area contributed by atoms with Gasteiger partial charge < -0.3 is 5.73 Å². The number of fused-ring (bicyclic) bond motifs is 3. The first-order chi connectivity index (χ1) is 10.3. The highest BCUT2D eigenvalue weighted by Crippen LogP contribution is 2.30. The Balaban J connectivity index is 1.97. The molecule has 2 heterocycles. The lowest BCUT2D eigenvalue weighted by Gasteiger charge is -2.01. The summed E-state index contributed by atoms with van der Waals surface area (Å²) in [5.41, 5.74) is 10.2. The molecule has 104 valence electrons. The molecule has 0 saturated heterocycles. The van der Waals surface area contributed by atoms with Gasteiger partial charge in [0, 0.05) is 12.1 Å². The second-order valence-electron chi connectivity index (χ2n) is 5.12. The fraction of sp³-hybridized carbons (Fsp3) is 0.125. The van der Waals surface area contributed by atoms with E-state index < -0.39 is 0 Å². The van der Waals surface area contributed by atoms with Crippen LogP contribution >= 0.6 is 11.3 Å². The third-order valence-electron chi connectivity index (χ3n) is 3.64. The monoisotopic (exact) mass is 294 g/mol. The highest BCUT2D eigenvalue weighted by atomic mass is 32.1. The number of nitrogens with zero attached hydrogens (tertiary/aromatic N) is 3. The minimum Gasteiger partial charge on any atom is -0.326 e. The molecular weight excluding hydrogens is 280 g/mol. The molecule has 0 aliphatic heterocycles. The van der Waals surface area contributed by atoms with Crippen molar-refractivity contribution in [3.63, 3.8) is 0 Å². The molecule has 5 heteroatoms. The van der Waals surface area contributed by atoms with Crippen LogP contribution in [0.3, 0.4) is 0 Å². The molecule has 0 bridgehead atoms. The van der Waals surface area contributed by atoms with Crippen LogP contribution in [0.2, 0.25) is 0 Å². The lowest BCUT2D eigenvalue weighted by Crippen LogP contribution is -1.96. The molecule has 0 aliphatic rings. The van der Waals surface area contributed by atoms with Gasteiger partial charge in [0.25, 0.3) is 0 Å². The molecule has 4 nitrogen and oxygen atoms in total. The van der Waals surface area contributed by atoms with Crippen LogP contribution in [0.5, 0.6) is 0 Å². The molecule has 2 N–H and O–H groups in total. The van der Waals surface area contributed by atoms with Gasteiger partial charge in [-0.15, -0.1) is 10.2 Å². The van der Waals surface area contributed by atoms with Crippen LogP contribution in [0, 0.1) is 6.92 Å². The number of benzene rings is 2. The van der Waals surface area contributed by atoms with Gasteiger partial charge in [-0.2, -0.15) is 0 Å². The Hall–Kier alpha value is -2.24. The smallest absolute Gasteiger partial charge is 0.217 e. The van der Waals surface area contributed by atoms with E-state index in [9.17, 15) is 0 Å². The number of rotatable bonds is 2. The largest absolute Gasteiger partial charge is 0.326 e. The van der Waals surface area contributed by atoms with Crippen molar-refractivity contribution in [3.05, 3.63) is 53.6 Å². The standard InChI is InChI=1S/C16H14N4S/c1-10-2-7-13-14(8-10)21-16-19-18-15(20(13)16)12-5-3-11(9-17)4-6-12/h2-8H,9,17H2,1H3. The second-order valence-corrected chi connectivity index (χ2v) is 6.12. The molecule has 4 aromatic rings. The van der Waals surface area contributed by atoms with Gasteiger partial charge in [0.05, 0.1) is 10.2 Å². The fourth-order valence-corrected chi connectivity index (χ4v) is 3.58. The third-order valence-corrected chi connectivity index (χ3v) is 4.63. The Labute approximate surface area is 125 Å². The number of hydrogen-bond acceptors (Lipinski definition) is 4. The summed E-state index contributed by atoms with van der Waals surface area (Å²) in [6.07, 6.45) is 0. The summed E-state index contributed by atoms with van der Waals surface area (Å²) < 4.78 is 3.36. The summed E-state index contributed by atoms with van der Waals surface area (Å²) in [5, 5.41) is 8.66. The first-order valence-electron chi connectivity index (χ1n) is 6.80. The topological polar surface area (TPSA) is 56.2 Å². The molecule has 0 saturated carbocycles. The Morgan fingerprint density at radius 1 is 1.10 bits per heavy atom. The summed E-state index contributed by atoms with van der Waals surface area (Å²) in [6, 6.07) is 14.6. The van der Waals surface area contributed by atoms with E-state index in [4.69, 9.17) is 5.73 Å². The minimum atomic E-state index is 0.552. The van der Waals surface area contributed by atoms with E-state index >= 15 is 0 Å². The van der Waals surface area contributed by atoms with Gasteiger partial charge in [-0.25, -0.2) is 0 Å². The lowest BCUT2D eigenvalue weighted by atomic mass is 10.1. The molecule has 0 amide bonds. The maximum atomic E-state index is 5.65. The van der Waals surface area contributed by atoms with Gasteiger partial charge in [0.2, 0.25) is 4.96 Å². The van der Waals surface area contributed by atoms with Gasteiger partial charge in [-0.3, -0.25) is 4.40 Å².